The Hall–Kier alpha value is -2.53. The standard InChI is InChI=1S/C19H21N3O2/c1-12-4-5-15(18(23)9-12)19-14-6-7-20-10-16(14)17(21-22-19)8-13(2)11-24-3/h4-7,9-10,13,23H,8,11H2,1-3H3/t13-/m0/s1. The minimum Gasteiger partial charge on any atom is -0.507 e. The predicted octanol–water partition coefficient (Wildman–Crippen LogP) is 3.53. The lowest BCUT2D eigenvalue weighted by atomic mass is 9.99. The molecular weight excluding hydrogens is 302 g/mol. The fraction of sp³-hybridized carbons (Fsp3) is 0.316. The van der Waals surface area contributed by atoms with Gasteiger partial charge in [0.15, 0.2) is 0 Å². The average Bonchev–Trinajstić information content (AvgIpc) is 2.56. The van der Waals surface area contributed by atoms with Crippen molar-refractivity contribution in [1.82, 2.24) is 15.2 Å². The highest BCUT2D eigenvalue weighted by Gasteiger charge is 2.15. The summed E-state index contributed by atoms with van der Waals surface area (Å²) < 4.78 is 5.21. The van der Waals surface area contributed by atoms with Gasteiger partial charge in [0, 0.05) is 42.4 Å². The van der Waals surface area contributed by atoms with Crippen LogP contribution in [0.4, 0.5) is 0 Å². The molecular formula is C19H21N3O2. The Labute approximate surface area is 141 Å². The molecule has 0 aliphatic carbocycles. The van der Waals surface area contributed by atoms with Gasteiger partial charge in [0.2, 0.25) is 0 Å². The number of benzene rings is 1. The third-order valence-corrected chi connectivity index (χ3v) is 4.06. The zero-order valence-electron chi connectivity index (χ0n) is 14.2. The SMILES string of the molecule is COC[C@@H](C)Cc1nnc(-c2ccc(C)cc2O)c2ccncc12. The Bertz CT molecular complexity index is 864. The lowest BCUT2D eigenvalue weighted by Gasteiger charge is -2.13. The van der Waals surface area contributed by atoms with E-state index in [1.807, 2.05) is 31.3 Å². The van der Waals surface area contributed by atoms with Crippen molar-refractivity contribution in [3.05, 3.63) is 47.9 Å². The Balaban J connectivity index is 2.11. The van der Waals surface area contributed by atoms with E-state index in [1.54, 1.807) is 19.4 Å². The quantitative estimate of drug-likeness (QED) is 0.778. The molecule has 1 atom stereocenters. The van der Waals surface area contributed by atoms with E-state index in [4.69, 9.17) is 4.74 Å². The summed E-state index contributed by atoms with van der Waals surface area (Å²) in [5.41, 5.74) is 3.26. The number of hydrogen-bond donors (Lipinski definition) is 1. The van der Waals surface area contributed by atoms with Crippen molar-refractivity contribution in [3.63, 3.8) is 0 Å². The maximum Gasteiger partial charge on any atom is 0.125 e. The number of ether oxygens (including phenoxy) is 1. The van der Waals surface area contributed by atoms with Crippen LogP contribution in [0.1, 0.15) is 18.2 Å². The smallest absolute Gasteiger partial charge is 0.125 e. The second kappa shape index (κ2) is 6.93. The Morgan fingerprint density at radius 1 is 1.17 bits per heavy atom. The lowest BCUT2D eigenvalue weighted by molar-refractivity contribution is 0.159. The molecule has 0 saturated carbocycles. The molecule has 0 radical (unpaired) electrons. The maximum absolute atomic E-state index is 10.3. The van der Waals surface area contributed by atoms with E-state index in [2.05, 4.69) is 22.1 Å². The molecule has 2 aromatic heterocycles. The second-order valence-corrected chi connectivity index (χ2v) is 6.20. The molecule has 0 fully saturated rings. The van der Waals surface area contributed by atoms with Gasteiger partial charge in [-0.2, -0.15) is 5.10 Å². The van der Waals surface area contributed by atoms with Crippen LogP contribution in [-0.4, -0.2) is 34.0 Å². The van der Waals surface area contributed by atoms with E-state index in [9.17, 15) is 5.11 Å². The van der Waals surface area contributed by atoms with Gasteiger partial charge < -0.3 is 9.84 Å². The van der Waals surface area contributed by atoms with E-state index in [1.165, 1.54) is 0 Å². The summed E-state index contributed by atoms with van der Waals surface area (Å²) in [7, 11) is 1.70. The fourth-order valence-corrected chi connectivity index (χ4v) is 2.91. The van der Waals surface area contributed by atoms with Crippen LogP contribution in [0.25, 0.3) is 22.0 Å². The first-order chi connectivity index (χ1) is 11.6. The summed E-state index contributed by atoms with van der Waals surface area (Å²) in [6.45, 7) is 4.73. The zero-order valence-corrected chi connectivity index (χ0v) is 14.2. The zero-order chi connectivity index (χ0) is 17.1. The summed E-state index contributed by atoms with van der Waals surface area (Å²) in [5.74, 6) is 0.550. The number of hydrogen-bond acceptors (Lipinski definition) is 5. The molecule has 5 heteroatoms. The summed E-state index contributed by atoms with van der Waals surface area (Å²) in [4.78, 5) is 4.24. The first-order valence-electron chi connectivity index (χ1n) is 7.98. The number of nitrogens with zero attached hydrogens (tertiary/aromatic N) is 3. The number of rotatable bonds is 5. The molecule has 2 heterocycles. The first kappa shape index (κ1) is 16.3. The number of methoxy groups -OCH3 is 1. The van der Waals surface area contributed by atoms with Gasteiger partial charge in [-0.05, 0) is 43.0 Å². The second-order valence-electron chi connectivity index (χ2n) is 6.20. The van der Waals surface area contributed by atoms with Crippen LogP contribution < -0.4 is 0 Å². The van der Waals surface area contributed by atoms with Crippen LogP contribution in [0.3, 0.4) is 0 Å². The van der Waals surface area contributed by atoms with E-state index in [0.717, 1.165) is 28.5 Å². The average molecular weight is 323 g/mol. The van der Waals surface area contributed by atoms with Crippen molar-refractivity contribution in [3.8, 4) is 17.0 Å². The number of phenols is 1. The van der Waals surface area contributed by atoms with Gasteiger partial charge in [-0.1, -0.05) is 13.0 Å². The van der Waals surface area contributed by atoms with Crippen molar-refractivity contribution in [1.29, 1.82) is 0 Å². The molecule has 1 N–H and O–H groups in total. The van der Waals surface area contributed by atoms with Gasteiger partial charge in [0.1, 0.15) is 11.4 Å². The Morgan fingerprint density at radius 3 is 2.75 bits per heavy atom. The monoisotopic (exact) mass is 323 g/mol. The molecule has 0 aliphatic heterocycles. The molecule has 0 unspecified atom stereocenters. The third-order valence-electron chi connectivity index (χ3n) is 4.06. The van der Waals surface area contributed by atoms with Gasteiger partial charge in [0.05, 0.1) is 5.69 Å². The highest BCUT2D eigenvalue weighted by Crippen LogP contribution is 2.33. The van der Waals surface area contributed by atoms with E-state index in [0.29, 0.717) is 23.8 Å². The van der Waals surface area contributed by atoms with Crippen molar-refractivity contribution in [2.24, 2.45) is 5.92 Å². The summed E-state index contributed by atoms with van der Waals surface area (Å²) in [5, 5.41) is 21.0. The van der Waals surface area contributed by atoms with Crippen LogP contribution in [0, 0.1) is 12.8 Å². The van der Waals surface area contributed by atoms with Gasteiger partial charge in [0.25, 0.3) is 0 Å². The van der Waals surface area contributed by atoms with Crippen molar-refractivity contribution >= 4 is 10.8 Å². The molecule has 3 rings (SSSR count). The Kier molecular flexibility index (Phi) is 4.71. The van der Waals surface area contributed by atoms with E-state index in [-0.39, 0.29) is 5.75 Å². The molecule has 24 heavy (non-hydrogen) atoms. The van der Waals surface area contributed by atoms with E-state index < -0.39 is 0 Å². The highest BCUT2D eigenvalue weighted by atomic mass is 16.5. The molecule has 0 saturated heterocycles. The Morgan fingerprint density at radius 2 is 2.00 bits per heavy atom. The molecule has 0 spiro atoms. The maximum atomic E-state index is 10.3. The molecule has 5 nitrogen and oxygen atoms in total. The predicted molar refractivity (Wildman–Crippen MR) is 93.9 cm³/mol. The number of aryl methyl sites for hydroxylation is 1. The van der Waals surface area contributed by atoms with E-state index >= 15 is 0 Å². The van der Waals surface area contributed by atoms with Gasteiger partial charge in [-0.25, -0.2) is 0 Å². The van der Waals surface area contributed by atoms with Gasteiger partial charge in [-0.15, -0.1) is 5.10 Å². The topological polar surface area (TPSA) is 68.1 Å². The fourth-order valence-electron chi connectivity index (χ4n) is 2.91. The molecule has 3 aromatic rings. The van der Waals surface area contributed by atoms with Crippen LogP contribution in [0.2, 0.25) is 0 Å². The highest BCUT2D eigenvalue weighted by molar-refractivity contribution is 5.96. The summed E-state index contributed by atoms with van der Waals surface area (Å²) in [6.07, 6.45) is 4.32. The molecule has 0 aliphatic rings. The number of aromatic nitrogens is 3. The van der Waals surface area contributed by atoms with Crippen molar-refractivity contribution in [2.45, 2.75) is 20.3 Å². The summed E-state index contributed by atoms with van der Waals surface area (Å²) >= 11 is 0. The lowest BCUT2D eigenvalue weighted by Crippen LogP contribution is -2.10. The molecule has 0 amide bonds. The largest absolute Gasteiger partial charge is 0.507 e. The number of phenolic OH excluding ortho intramolecular Hbond substituents is 1. The molecule has 1 aromatic carbocycles. The molecule has 0 bridgehead atoms. The van der Waals surface area contributed by atoms with Crippen LogP contribution in [0.5, 0.6) is 5.75 Å². The minimum absolute atomic E-state index is 0.211. The third kappa shape index (κ3) is 3.21. The van der Waals surface area contributed by atoms with Crippen LogP contribution >= 0.6 is 0 Å². The summed E-state index contributed by atoms with van der Waals surface area (Å²) in [6, 6.07) is 7.49. The van der Waals surface area contributed by atoms with Crippen LogP contribution in [-0.2, 0) is 11.2 Å². The molecule has 124 valence electrons. The van der Waals surface area contributed by atoms with Gasteiger partial charge >= 0.3 is 0 Å². The van der Waals surface area contributed by atoms with Crippen molar-refractivity contribution < 1.29 is 9.84 Å². The number of fused-ring (bicyclic) bond motifs is 1. The number of pyridine rings is 1. The van der Waals surface area contributed by atoms with Gasteiger partial charge in [-0.3, -0.25) is 4.98 Å². The van der Waals surface area contributed by atoms with Crippen molar-refractivity contribution in [2.75, 3.05) is 13.7 Å². The van der Waals surface area contributed by atoms with Crippen LogP contribution in [0.15, 0.2) is 36.7 Å². The first-order valence-corrected chi connectivity index (χ1v) is 7.98. The minimum atomic E-state index is 0.211. The normalized spacial score (nSPS) is 12.5. The number of aromatic hydroxyl groups is 1.